The van der Waals surface area contributed by atoms with Crippen LogP contribution in [-0.2, 0) is 11.2 Å². The summed E-state index contributed by atoms with van der Waals surface area (Å²) in [7, 11) is 0. The third kappa shape index (κ3) is 2.70. The van der Waals surface area contributed by atoms with Crippen molar-refractivity contribution in [3.8, 4) is 0 Å². The second kappa shape index (κ2) is 5.19. The quantitative estimate of drug-likeness (QED) is 0.820. The van der Waals surface area contributed by atoms with E-state index in [9.17, 15) is 0 Å². The summed E-state index contributed by atoms with van der Waals surface area (Å²) in [5.41, 5.74) is 9.02. The molecule has 0 bridgehead atoms. The third-order valence-corrected chi connectivity index (χ3v) is 4.08. The minimum atomic E-state index is -0.136. The van der Waals surface area contributed by atoms with Gasteiger partial charge in [0.1, 0.15) is 0 Å². The predicted octanol–water partition coefficient (Wildman–Crippen LogP) is 2.86. The van der Waals surface area contributed by atoms with Crippen LogP contribution in [0.5, 0.6) is 0 Å². The molecule has 0 saturated carbocycles. The molecule has 2 rings (SSSR count). The highest BCUT2D eigenvalue weighted by atomic mass is 16.5. The molecule has 0 aliphatic heterocycles. The molecule has 0 amide bonds. The molecule has 2 N–H and O–H groups in total. The maximum atomic E-state index is 6.21. The molecule has 0 radical (unpaired) electrons. The summed E-state index contributed by atoms with van der Waals surface area (Å²) in [6.07, 6.45) is 3.11. The zero-order valence-electron chi connectivity index (χ0n) is 10.9. The largest absolute Gasteiger partial charge is 0.379 e. The summed E-state index contributed by atoms with van der Waals surface area (Å²) in [5, 5.41) is 0. The van der Waals surface area contributed by atoms with Crippen molar-refractivity contribution >= 4 is 0 Å². The van der Waals surface area contributed by atoms with Gasteiger partial charge in [0.2, 0.25) is 0 Å². The van der Waals surface area contributed by atoms with E-state index in [-0.39, 0.29) is 5.54 Å². The van der Waals surface area contributed by atoms with Crippen LogP contribution in [0.15, 0.2) is 24.3 Å². The number of rotatable bonds is 6. The molecule has 2 nitrogen and oxygen atoms in total. The number of benzene rings is 1. The molecule has 0 spiro atoms. The lowest BCUT2D eigenvalue weighted by Crippen LogP contribution is -2.43. The van der Waals surface area contributed by atoms with Gasteiger partial charge in [0.25, 0.3) is 0 Å². The van der Waals surface area contributed by atoms with Gasteiger partial charge in [-0.25, -0.2) is 0 Å². The van der Waals surface area contributed by atoms with Gasteiger partial charge in [-0.15, -0.1) is 0 Å². The van der Waals surface area contributed by atoms with E-state index >= 15 is 0 Å². The SMILES string of the molecule is CCC(N)(CC)COCC1Cc2ccccc21. The first-order valence-electron chi connectivity index (χ1n) is 6.63. The van der Waals surface area contributed by atoms with Gasteiger partial charge in [0, 0.05) is 11.5 Å². The van der Waals surface area contributed by atoms with E-state index in [2.05, 4.69) is 38.1 Å². The monoisotopic (exact) mass is 233 g/mol. The van der Waals surface area contributed by atoms with E-state index in [1.54, 1.807) is 0 Å². The minimum Gasteiger partial charge on any atom is -0.379 e. The number of ether oxygens (including phenoxy) is 1. The van der Waals surface area contributed by atoms with Crippen LogP contribution >= 0.6 is 0 Å². The van der Waals surface area contributed by atoms with Crippen LogP contribution in [0.1, 0.15) is 43.7 Å². The Morgan fingerprint density at radius 3 is 2.65 bits per heavy atom. The summed E-state index contributed by atoms with van der Waals surface area (Å²) in [5.74, 6) is 0.587. The summed E-state index contributed by atoms with van der Waals surface area (Å²) < 4.78 is 5.82. The third-order valence-electron chi connectivity index (χ3n) is 4.08. The normalized spacial score (nSPS) is 18.6. The zero-order valence-corrected chi connectivity index (χ0v) is 10.9. The molecule has 94 valence electrons. The summed E-state index contributed by atoms with van der Waals surface area (Å²) in [4.78, 5) is 0. The van der Waals surface area contributed by atoms with Crippen LogP contribution in [0.2, 0.25) is 0 Å². The van der Waals surface area contributed by atoms with Crippen LogP contribution in [0.4, 0.5) is 0 Å². The number of fused-ring (bicyclic) bond motifs is 1. The van der Waals surface area contributed by atoms with Crippen LogP contribution in [0.3, 0.4) is 0 Å². The number of hydrogen-bond donors (Lipinski definition) is 1. The van der Waals surface area contributed by atoms with E-state index in [1.807, 2.05) is 0 Å². The van der Waals surface area contributed by atoms with Crippen LogP contribution in [0, 0.1) is 0 Å². The van der Waals surface area contributed by atoms with Gasteiger partial charge in [-0.3, -0.25) is 0 Å². The lowest BCUT2D eigenvalue weighted by Gasteiger charge is -2.32. The molecule has 0 heterocycles. The Balaban J connectivity index is 1.78. The zero-order chi connectivity index (χ0) is 12.3. The Labute approximate surface area is 104 Å². The minimum absolute atomic E-state index is 0.136. The fourth-order valence-corrected chi connectivity index (χ4v) is 2.37. The van der Waals surface area contributed by atoms with Crippen molar-refractivity contribution < 1.29 is 4.74 Å². The van der Waals surface area contributed by atoms with Gasteiger partial charge in [-0.2, -0.15) is 0 Å². The van der Waals surface area contributed by atoms with Crippen molar-refractivity contribution in [2.45, 2.75) is 44.6 Å². The average molecular weight is 233 g/mol. The van der Waals surface area contributed by atoms with Crippen molar-refractivity contribution in [1.29, 1.82) is 0 Å². The second-order valence-corrected chi connectivity index (χ2v) is 5.18. The molecule has 1 aromatic carbocycles. The lowest BCUT2D eigenvalue weighted by molar-refractivity contribution is 0.0673. The Morgan fingerprint density at radius 2 is 2.00 bits per heavy atom. The van der Waals surface area contributed by atoms with Gasteiger partial charge in [0.05, 0.1) is 13.2 Å². The van der Waals surface area contributed by atoms with Crippen molar-refractivity contribution in [1.82, 2.24) is 0 Å². The smallest absolute Gasteiger partial charge is 0.0646 e. The van der Waals surface area contributed by atoms with E-state index in [4.69, 9.17) is 10.5 Å². The first-order valence-corrected chi connectivity index (χ1v) is 6.63. The molecular weight excluding hydrogens is 210 g/mol. The molecule has 17 heavy (non-hydrogen) atoms. The fourth-order valence-electron chi connectivity index (χ4n) is 2.37. The first kappa shape index (κ1) is 12.6. The maximum Gasteiger partial charge on any atom is 0.0646 e. The fraction of sp³-hybridized carbons (Fsp3) is 0.600. The van der Waals surface area contributed by atoms with E-state index < -0.39 is 0 Å². The average Bonchev–Trinajstić information content (AvgIpc) is 2.34. The Kier molecular flexibility index (Phi) is 3.85. The Hall–Kier alpha value is -0.860. The van der Waals surface area contributed by atoms with Crippen molar-refractivity contribution in [3.63, 3.8) is 0 Å². The molecule has 1 atom stereocenters. The van der Waals surface area contributed by atoms with Crippen LogP contribution in [-0.4, -0.2) is 18.8 Å². The highest BCUT2D eigenvalue weighted by Crippen LogP contribution is 2.34. The maximum absolute atomic E-state index is 6.21. The molecule has 0 fully saturated rings. The van der Waals surface area contributed by atoms with Gasteiger partial charge >= 0.3 is 0 Å². The number of nitrogens with two attached hydrogens (primary N) is 1. The topological polar surface area (TPSA) is 35.2 Å². The lowest BCUT2D eigenvalue weighted by atomic mass is 9.78. The highest BCUT2D eigenvalue weighted by Gasteiger charge is 2.27. The molecule has 1 unspecified atom stereocenters. The van der Waals surface area contributed by atoms with Crippen molar-refractivity contribution in [2.75, 3.05) is 13.2 Å². The highest BCUT2D eigenvalue weighted by molar-refractivity contribution is 5.39. The molecule has 1 aliphatic rings. The summed E-state index contributed by atoms with van der Waals surface area (Å²) in [6, 6.07) is 8.63. The predicted molar refractivity (Wildman–Crippen MR) is 71.2 cm³/mol. The number of hydrogen-bond acceptors (Lipinski definition) is 2. The molecule has 0 aromatic heterocycles. The van der Waals surface area contributed by atoms with Gasteiger partial charge in [0.15, 0.2) is 0 Å². The molecule has 1 aliphatic carbocycles. The molecular formula is C15H23NO. The Bertz CT molecular complexity index is 371. The van der Waals surface area contributed by atoms with E-state index in [0.29, 0.717) is 12.5 Å². The molecule has 1 aromatic rings. The van der Waals surface area contributed by atoms with Gasteiger partial charge in [-0.05, 0) is 30.4 Å². The Morgan fingerprint density at radius 1 is 1.29 bits per heavy atom. The van der Waals surface area contributed by atoms with Crippen LogP contribution < -0.4 is 5.73 Å². The summed E-state index contributed by atoms with van der Waals surface area (Å²) >= 11 is 0. The second-order valence-electron chi connectivity index (χ2n) is 5.18. The van der Waals surface area contributed by atoms with Crippen LogP contribution in [0.25, 0.3) is 0 Å². The van der Waals surface area contributed by atoms with E-state index in [1.165, 1.54) is 11.1 Å². The standard InChI is InChI=1S/C15H23NO/c1-3-15(16,4-2)11-17-10-13-9-12-7-5-6-8-14(12)13/h5-8,13H,3-4,9-11,16H2,1-2H3. The van der Waals surface area contributed by atoms with Crippen molar-refractivity contribution in [3.05, 3.63) is 35.4 Å². The first-order chi connectivity index (χ1) is 8.18. The molecule has 0 saturated heterocycles. The van der Waals surface area contributed by atoms with E-state index in [0.717, 1.165) is 25.9 Å². The molecule has 2 heteroatoms. The van der Waals surface area contributed by atoms with Gasteiger partial charge in [-0.1, -0.05) is 38.1 Å². The van der Waals surface area contributed by atoms with Crippen molar-refractivity contribution in [2.24, 2.45) is 5.73 Å². The van der Waals surface area contributed by atoms with Gasteiger partial charge < -0.3 is 10.5 Å². The summed E-state index contributed by atoms with van der Waals surface area (Å²) in [6.45, 7) is 5.76.